The first kappa shape index (κ1) is 16.9. The molecule has 2 unspecified atom stereocenters. The number of amides is 1. The number of carboxylic acid groups (broad SMARTS) is 1. The molecule has 2 atom stereocenters. The van der Waals surface area contributed by atoms with E-state index in [2.05, 4.69) is 12.2 Å². The highest BCUT2D eigenvalue weighted by Crippen LogP contribution is 2.10. The summed E-state index contributed by atoms with van der Waals surface area (Å²) < 4.78 is 5.36. The van der Waals surface area contributed by atoms with Gasteiger partial charge in [-0.15, -0.1) is 0 Å². The Labute approximate surface area is 109 Å². The molecule has 106 valence electrons. The van der Waals surface area contributed by atoms with Gasteiger partial charge in [-0.1, -0.05) is 27.2 Å². The van der Waals surface area contributed by atoms with Gasteiger partial charge in [-0.05, 0) is 12.8 Å². The summed E-state index contributed by atoms with van der Waals surface area (Å²) in [6, 6.07) is 0. The van der Waals surface area contributed by atoms with Gasteiger partial charge in [-0.25, -0.2) is 0 Å². The Morgan fingerprint density at radius 3 is 2.33 bits per heavy atom. The van der Waals surface area contributed by atoms with Crippen LogP contribution in [0.4, 0.5) is 0 Å². The summed E-state index contributed by atoms with van der Waals surface area (Å²) in [5, 5.41) is 11.5. The number of rotatable bonds is 10. The molecule has 18 heavy (non-hydrogen) atoms. The lowest BCUT2D eigenvalue weighted by atomic mass is 9.95. The first-order valence-electron chi connectivity index (χ1n) is 6.59. The second-order valence-corrected chi connectivity index (χ2v) is 4.53. The number of carbonyl (C=O) groups excluding carboxylic acids is 1. The van der Waals surface area contributed by atoms with Crippen LogP contribution >= 0.6 is 0 Å². The van der Waals surface area contributed by atoms with E-state index in [1.807, 2.05) is 0 Å². The lowest BCUT2D eigenvalue weighted by Crippen LogP contribution is -2.35. The Kier molecular flexibility index (Phi) is 9.28. The van der Waals surface area contributed by atoms with Gasteiger partial charge in [0, 0.05) is 25.7 Å². The number of ether oxygens (including phenoxy) is 1. The third-order valence-electron chi connectivity index (χ3n) is 2.96. The summed E-state index contributed by atoms with van der Waals surface area (Å²) in [5.74, 6) is -2.33. The fourth-order valence-corrected chi connectivity index (χ4v) is 1.34. The molecular weight excluding hydrogens is 234 g/mol. The number of nitrogens with one attached hydrogen (secondary N) is 1. The van der Waals surface area contributed by atoms with Crippen molar-refractivity contribution in [2.75, 3.05) is 19.8 Å². The molecule has 0 bridgehead atoms. The smallest absolute Gasteiger partial charge is 0.307 e. The Morgan fingerprint density at radius 2 is 1.78 bits per heavy atom. The average Bonchev–Trinajstić information content (AvgIpc) is 2.35. The van der Waals surface area contributed by atoms with Gasteiger partial charge >= 0.3 is 5.97 Å². The molecule has 0 spiro atoms. The Bertz CT molecular complexity index is 255. The second kappa shape index (κ2) is 9.88. The first-order valence-corrected chi connectivity index (χ1v) is 6.59. The maximum Gasteiger partial charge on any atom is 0.307 e. The lowest BCUT2D eigenvalue weighted by molar-refractivity contribution is -0.146. The molecule has 0 saturated heterocycles. The summed E-state index contributed by atoms with van der Waals surface area (Å²) >= 11 is 0. The van der Waals surface area contributed by atoms with Gasteiger partial charge in [0.05, 0.1) is 5.92 Å². The maximum absolute atomic E-state index is 11.6. The number of carbonyl (C=O) groups is 2. The number of carboxylic acids is 1. The van der Waals surface area contributed by atoms with Crippen molar-refractivity contribution in [1.82, 2.24) is 5.32 Å². The predicted octanol–water partition coefficient (Wildman–Crippen LogP) is 1.67. The largest absolute Gasteiger partial charge is 0.481 e. The van der Waals surface area contributed by atoms with E-state index in [1.165, 1.54) is 0 Å². The van der Waals surface area contributed by atoms with Crippen molar-refractivity contribution < 1.29 is 19.4 Å². The van der Waals surface area contributed by atoms with Crippen LogP contribution in [0.3, 0.4) is 0 Å². The van der Waals surface area contributed by atoms with Crippen molar-refractivity contribution in [3.05, 3.63) is 0 Å². The van der Waals surface area contributed by atoms with Crippen LogP contribution in [0, 0.1) is 11.8 Å². The zero-order valence-corrected chi connectivity index (χ0v) is 11.6. The molecule has 5 heteroatoms. The highest BCUT2D eigenvalue weighted by molar-refractivity contribution is 5.84. The zero-order chi connectivity index (χ0) is 14.0. The van der Waals surface area contributed by atoms with Gasteiger partial charge in [-0.3, -0.25) is 9.59 Å². The molecule has 0 fully saturated rings. The van der Waals surface area contributed by atoms with E-state index in [4.69, 9.17) is 9.84 Å². The number of hydrogen-bond acceptors (Lipinski definition) is 3. The van der Waals surface area contributed by atoms with Crippen LogP contribution in [0.25, 0.3) is 0 Å². The van der Waals surface area contributed by atoms with Crippen LogP contribution in [0.5, 0.6) is 0 Å². The molecule has 5 nitrogen and oxygen atoms in total. The van der Waals surface area contributed by atoms with Crippen LogP contribution in [-0.4, -0.2) is 36.7 Å². The third kappa shape index (κ3) is 7.27. The quantitative estimate of drug-likeness (QED) is 0.585. The van der Waals surface area contributed by atoms with Crippen molar-refractivity contribution >= 4 is 11.9 Å². The summed E-state index contributed by atoms with van der Waals surface area (Å²) in [6.45, 7) is 7.20. The lowest BCUT2D eigenvalue weighted by Gasteiger charge is -2.15. The van der Waals surface area contributed by atoms with Gasteiger partial charge in [0.25, 0.3) is 0 Å². The van der Waals surface area contributed by atoms with E-state index < -0.39 is 17.8 Å². The highest BCUT2D eigenvalue weighted by atomic mass is 16.5. The molecule has 1 amide bonds. The monoisotopic (exact) mass is 259 g/mol. The topological polar surface area (TPSA) is 75.6 Å². The molecule has 0 aromatic heterocycles. The van der Waals surface area contributed by atoms with E-state index in [0.717, 1.165) is 25.9 Å². The zero-order valence-electron chi connectivity index (χ0n) is 11.6. The summed E-state index contributed by atoms with van der Waals surface area (Å²) in [4.78, 5) is 22.3. The molecule has 0 aliphatic heterocycles. The number of aliphatic carboxylic acids is 1. The van der Waals surface area contributed by atoms with E-state index in [-0.39, 0.29) is 5.91 Å². The minimum atomic E-state index is -0.944. The third-order valence-corrected chi connectivity index (χ3v) is 2.96. The fraction of sp³-hybridized carbons (Fsp3) is 0.846. The molecule has 0 aromatic rings. The van der Waals surface area contributed by atoms with Crippen molar-refractivity contribution in [2.24, 2.45) is 11.8 Å². The molecule has 0 aromatic carbocycles. The number of hydrogen-bond donors (Lipinski definition) is 2. The van der Waals surface area contributed by atoms with Gasteiger partial charge < -0.3 is 15.2 Å². The molecule has 0 saturated carbocycles. The summed E-state index contributed by atoms with van der Waals surface area (Å²) in [6.07, 6.45) is 2.92. The van der Waals surface area contributed by atoms with E-state index in [9.17, 15) is 9.59 Å². The van der Waals surface area contributed by atoms with Crippen LogP contribution in [0.15, 0.2) is 0 Å². The predicted molar refractivity (Wildman–Crippen MR) is 69.3 cm³/mol. The summed E-state index contributed by atoms with van der Waals surface area (Å²) in [7, 11) is 0. The second-order valence-electron chi connectivity index (χ2n) is 4.53. The van der Waals surface area contributed by atoms with E-state index >= 15 is 0 Å². The molecule has 0 aliphatic carbocycles. The maximum atomic E-state index is 11.6. The fourth-order valence-electron chi connectivity index (χ4n) is 1.34. The molecule has 0 aliphatic rings. The standard InChI is InChI=1S/C13H25NO4/c1-4-5-8-18-9-6-7-14-12(15)10(2)11(3)13(16)17/h10-11H,4-9H2,1-3H3,(H,14,15)(H,16,17). The van der Waals surface area contributed by atoms with Crippen LogP contribution in [-0.2, 0) is 14.3 Å². The molecule has 0 radical (unpaired) electrons. The minimum absolute atomic E-state index is 0.210. The van der Waals surface area contributed by atoms with Gasteiger partial charge in [-0.2, -0.15) is 0 Å². The summed E-state index contributed by atoms with van der Waals surface area (Å²) in [5.41, 5.74) is 0. The highest BCUT2D eigenvalue weighted by Gasteiger charge is 2.25. The normalized spacial score (nSPS) is 13.9. The number of unbranched alkanes of at least 4 members (excludes halogenated alkanes) is 1. The van der Waals surface area contributed by atoms with Gasteiger partial charge in [0.2, 0.25) is 5.91 Å². The van der Waals surface area contributed by atoms with Gasteiger partial charge in [0.15, 0.2) is 0 Å². The van der Waals surface area contributed by atoms with Crippen LogP contribution < -0.4 is 5.32 Å². The molecule has 0 rings (SSSR count). The minimum Gasteiger partial charge on any atom is -0.481 e. The van der Waals surface area contributed by atoms with Crippen molar-refractivity contribution in [2.45, 2.75) is 40.0 Å². The Balaban J connectivity index is 3.61. The Hall–Kier alpha value is -1.10. The Morgan fingerprint density at radius 1 is 1.17 bits per heavy atom. The van der Waals surface area contributed by atoms with Crippen molar-refractivity contribution in [1.29, 1.82) is 0 Å². The van der Waals surface area contributed by atoms with Crippen LogP contribution in [0.2, 0.25) is 0 Å². The van der Waals surface area contributed by atoms with Crippen LogP contribution in [0.1, 0.15) is 40.0 Å². The molecule has 0 heterocycles. The first-order chi connectivity index (χ1) is 8.50. The molecular formula is C13H25NO4. The average molecular weight is 259 g/mol. The molecule has 2 N–H and O–H groups in total. The SMILES string of the molecule is CCCCOCCCNC(=O)C(C)C(C)C(=O)O. The van der Waals surface area contributed by atoms with Gasteiger partial charge in [0.1, 0.15) is 0 Å². The van der Waals surface area contributed by atoms with E-state index in [1.54, 1.807) is 13.8 Å². The van der Waals surface area contributed by atoms with Crippen molar-refractivity contribution in [3.8, 4) is 0 Å². The van der Waals surface area contributed by atoms with E-state index in [0.29, 0.717) is 13.2 Å². The van der Waals surface area contributed by atoms with Crippen molar-refractivity contribution in [3.63, 3.8) is 0 Å².